The Morgan fingerprint density at radius 1 is 0.917 bits per heavy atom. The molecule has 48 heavy (non-hydrogen) atoms. The molecule has 0 amide bonds. The van der Waals surface area contributed by atoms with Crippen molar-refractivity contribution in [2.75, 3.05) is 47.3 Å². The maximum absolute atomic E-state index is 14.1. The van der Waals surface area contributed by atoms with E-state index in [2.05, 4.69) is 4.99 Å². The number of methoxy groups -OCH3 is 2. The lowest BCUT2D eigenvalue weighted by molar-refractivity contribution is -0.139. The second kappa shape index (κ2) is 16.0. The number of nitrogens with zero attached hydrogens (tertiary/aromatic N) is 2. The number of ether oxygens (including phenoxy) is 6. The summed E-state index contributed by atoms with van der Waals surface area (Å²) >= 11 is 7.57. The van der Waals surface area contributed by atoms with Gasteiger partial charge in [0.25, 0.3) is 5.56 Å². The van der Waals surface area contributed by atoms with Crippen LogP contribution < -0.4 is 33.8 Å². The molecule has 0 unspecified atom stereocenters. The van der Waals surface area contributed by atoms with Crippen LogP contribution in [-0.2, 0) is 14.3 Å². The van der Waals surface area contributed by atoms with Gasteiger partial charge < -0.3 is 28.4 Å². The molecule has 3 aromatic carbocycles. The Kier molecular flexibility index (Phi) is 11.6. The lowest BCUT2D eigenvalue weighted by Gasteiger charge is -2.25. The molecule has 0 bridgehead atoms. The molecular formula is C36H37ClN2O8S. The molecule has 1 aliphatic rings. The molecule has 0 saturated carbocycles. The third kappa shape index (κ3) is 7.92. The third-order valence-electron chi connectivity index (χ3n) is 7.50. The van der Waals surface area contributed by atoms with E-state index in [0.29, 0.717) is 68.2 Å². The maximum atomic E-state index is 14.1. The smallest absolute Gasteiger partial charge is 0.338 e. The molecule has 1 aliphatic heterocycles. The largest absolute Gasteiger partial charge is 0.493 e. The van der Waals surface area contributed by atoms with E-state index in [1.54, 1.807) is 56.3 Å². The number of rotatable bonds is 14. The minimum absolute atomic E-state index is 0.169. The summed E-state index contributed by atoms with van der Waals surface area (Å²) < 4.78 is 35.7. The zero-order chi connectivity index (χ0) is 34.2. The van der Waals surface area contributed by atoms with E-state index in [1.807, 2.05) is 31.2 Å². The first-order valence-electron chi connectivity index (χ1n) is 15.3. The molecule has 10 nitrogen and oxygen atoms in total. The fraction of sp³-hybridized carbons (Fsp3) is 0.306. The average molecular weight is 693 g/mol. The van der Waals surface area contributed by atoms with Crippen molar-refractivity contribution in [2.24, 2.45) is 4.99 Å². The van der Waals surface area contributed by atoms with Gasteiger partial charge in [0.2, 0.25) is 0 Å². The Balaban J connectivity index is 1.40. The number of fused-ring (bicyclic) bond motifs is 1. The first-order chi connectivity index (χ1) is 23.2. The van der Waals surface area contributed by atoms with Gasteiger partial charge in [0.15, 0.2) is 16.3 Å². The Labute approximate surface area is 287 Å². The highest BCUT2D eigenvalue weighted by atomic mass is 35.5. The molecule has 2 heterocycles. The van der Waals surface area contributed by atoms with Gasteiger partial charge in [-0.3, -0.25) is 9.36 Å². The van der Waals surface area contributed by atoms with Crippen molar-refractivity contribution in [3.8, 4) is 23.0 Å². The number of allylic oxidation sites excluding steroid dienone is 1. The summed E-state index contributed by atoms with van der Waals surface area (Å²) in [5, 5.41) is 0.481. The highest BCUT2D eigenvalue weighted by Gasteiger charge is 2.34. The number of benzene rings is 3. The predicted octanol–water partition coefficient (Wildman–Crippen LogP) is 5.25. The third-order valence-corrected chi connectivity index (χ3v) is 8.72. The molecule has 12 heteroatoms. The number of halogens is 1. The summed E-state index contributed by atoms with van der Waals surface area (Å²) in [6.45, 7) is 7.08. The predicted molar refractivity (Wildman–Crippen MR) is 184 cm³/mol. The normalized spacial score (nSPS) is 14.3. The van der Waals surface area contributed by atoms with Gasteiger partial charge in [0.1, 0.15) is 24.7 Å². The van der Waals surface area contributed by atoms with Gasteiger partial charge in [0, 0.05) is 10.6 Å². The van der Waals surface area contributed by atoms with Gasteiger partial charge in [-0.25, -0.2) is 9.79 Å². The van der Waals surface area contributed by atoms with E-state index in [1.165, 1.54) is 35.7 Å². The molecule has 0 fully saturated rings. The molecule has 1 aromatic heterocycles. The van der Waals surface area contributed by atoms with Crippen LogP contribution in [0.2, 0.25) is 5.02 Å². The van der Waals surface area contributed by atoms with Crippen molar-refractivity contribution in [1.29, 1.82) is 0 Å². The number of hydrogen-bond acceptors (Lipinski definition) is 10. The fourth-order valence-corrected chi connectivity index (χ4v) is 6.42. The molecule has 0 saturated heterocycles. The second-order valence-electron chi connectivity index (χ2n) is 10.7. The highest BCUT2D eigenvalue weighted by Crippen LogP contribution is 2.36. The Morgan fingerprint density at radius 2 is 1.62 bits per heavy atom. The summed E-state index contributed by atoms with van der Waals surface area (Å²) in [7, 11) is 3.07. The van der Waals surface area contributed by atoms with Gasteiger partial charge in [-0.1, -0.05) is 46.7 Å². The van der Waals surface area contributed by atoms with Crippen LogP contribution in [-0.4, -0.2) is 57.8 Å². The van der Waals surface area contributed by atoms with Crippen LogP contribution in [0.5, 0.6) is 23.0 Å². The first kappa shape index (κ1) is 34.7. The van der Waals surface area contributed by atoms with E-state index in [4.69, 9.17) is 40.0 Å². The van der Waals surface area contributed by atoms with E-state index in [9.17, 15) is 9.59 Å². The lowest BCUT2D eigenvalue weighted by Crippen LogP contribution is -2.40. The summed E-state index contributed by atoms with van der Waals surface area (Å²) in [6.07, 6.45) is 1.72. The fourth-order valence-electron chi connectivity index (χ4n) is 5.20. The number of esters is 1. The molecular weight excluding hydrogens is 656 g/mol. The van der Waals surface area contributed by atoms with Crippen molar-refractivity contribution in [1.82, 2.24) is 4.57 Å². The molecule has 4 aromatic rings. The van der Waals surface area contributed by atoms with Crippen molar-refractivity contribution < 1.29 is 33.2 Å². The van der Waals surface area contributed by atoms with E-state index in [0.717, 1.165) is 5.75 Å². The standard InChI is InChI=1S/C36H37ClN2O8S/c1-6-45-35(41)32-23(3)38-36-39(33(32)24-9-13-29(42-4)30(20-24)43-5)34(40)31(48-36)21-25-19-26(37)10-14-28(25)47-18-16-44-15-17-46-27-11-7-22(2)8-12-27/h7-14,19-21,33H,6,15-18H2,1-5H3/t33-/m1/s1. The number of carbonyl (C=O) groups is 1. The Hall–Kier alpha value is -4.58. The molecule has 0 aliphatic carbocycles. The van der Waals surface area contributed by atoms with E-state index >= 15 is 0 Å². The number of aryl methyl sites for hydroxylation is 1. The van der Waals surface area contributed by atoms with Crippen LogP contribution in [0.3, 0.4) is 0 Å². The van der Waals surface area contributed by atoms with Crippen LogP contribution in [0.1, 0.15) is 36.6 Å². The minimum atomic E-state index is -0.815. The number of hydrogen-bond donors (Lipinski definition) is 0. The molecule has 0 N–H and O–H groups in total. The number of aromatic nitrogens is 1. The number of carbonyl (C=O) groups excluding carboxylic acids is 1. The summed E-state index contributed by atoms with van der Waals surface area (Å²) in [6, 6.07) is 17.5. The van der Waals surface area contributed by atoms with Crippen molar-refractivity contribution in [2.45, 2.75) is 26.8 Å². The second-order valence-corrected chi connectivity index (χ2v) is 12.2. The molecule has 0 spiro atoms. The molecule has 0 radical (unpaired) electrons. The van der Waals surface area contributed by atoms with Gasteiger partial charge in [0.05, 0.1) is 55.9 Å². The van der Waals surface area contributed by atoms with Crippen LogP contribution in [0.25, 0.3) is 6.08 Å². The zero-order valence-corrected chi connectivity index (χ0v) is 29.0. The first-order valence-corrected chi connectivity index (χ1v) is 16.5. The van der Waals surface area contributed by atoms with Gasteiger partial charge in [-0.05, 0) is 74.9 Å². The minimum Gasteiger partial charge on any atom is -0.493 e. The highest BCUT2D eigenvalue weighted by molar-refractivity contribution is 7.07. The van der Waals surface area contributed by atoms with Crippen molar-refractivity contribution in [3.05, 3.63) is 113 Å². The summed E-state index contributed by atoms with van der Waals surface area (Å²) in [4.78, 5) is 32.5. The molecule has 252 valence electrons. The van der Waals surface area contributed by atoms with Crippen molar-refractivity contribution in [3.63, 3.8) is 0 Å². The van der Waals surface area contributed by atoms with E-state index < -0.39 is 12.0 Å². The summed E-state index contributed by atoms with van der Waals surface area (Å²) in [5.74, 6) is 1.74. The van der Waals surface area contributed by atoms with Gasteiger partial charge in [-0.15, -0.1) is 0 Å². The average Bonchev–Trinajstić information content (AvgIpc) is 3.38. The topological polar surface area (TPSA) is 107 Å². The molecule has 1 atom stereocenters. The Bertz CT molecular complexity index is 1980. The van der Waals surface area contributed by atoms with Crippen LogP contribution >= 0.6 is 22.9 Å². The summed E-state index contributed by atoms with van der Waals surface area (Å²) in [5.41, 5.74) is 2.79. The monoisotopic (exact) mass is 692 g/mol. The number of thiazole rings is 1. The van der Waals surface area contributed by atoms with Gasteiger partial charge in [-0.2, -0.15) is 0 Å². The van der Waals surface area contributed by atoms with Crippen LogP contribution in [0, 0.1) is 6.92 Å². The Morgan fingerprint density at radius 3 is 2.33 bits per heavy atom. The molecule has 5 rings (SSSR count). The van der Waals surface area contributed by atoms with Crippen molar-refractivity contribution >= 4 is 35.0 Å². The lowest BCUT2D eigenvalue weighted by atomic mass is 9.95. The van der Waals surface area contributed by atoms with Crippen LogP contribution in [0.4, 0.5) is 0 Å². The quantitative estimate of drug-likeness (QED) is 0.130. The van der Waals surface area contributed by atoms with Gasteiger partial charge >= 0.3 is 5.97 Å². The maximum Gasteiger partial charge on any atom is 0.338 e. The van der Waals surface area contributed by atoms with E-state index in [-0.39, 0.29) is 24.3 Å². The SMILES string of the molecule is CCOC(=O)C1=C(C)N=c2sc(=Cc3cc(Cl)ccc3OCCOCCOc3ccc(C)cc3)c(=O)n2[C@@H]1c1ccc(OC)c(OC)c1. The zero-order valence-electron chi connectivity index (χ0n) is 27.4. The van der Waals surface area contributed by atoms with Crippen LogP contribution in [0.15, 0.2) is 81.7 Å².